The van der Waals surface area contributed by atoms with Gasteiger partial charge in [-0.05, 0) is 62.5 Å². The van der Waals surface area contributed by atoms with Crippen molar-refractivity contribution in [3.63, 3.8) is 0 Å². The molecule has 3 nitrogen and oxygen atoms in total. The van der Waals surface area contributed by atoms with Crippen LogP contribution in [0.1, 0.15) is 65.9 Å². The molecule has 0 bridgehead atoms. The third-order valence-corrected chi connectivity index (χ3v) is 7.59. The van der Waals surface area contributed by atoms with E-state index in [1.807, 2.05) is 6.07 Å². The van der Waals surface area contributed by atoms with Gasteiger partial charge in [-0.2, -0.15) is 0 Å². The number of aliphatic hydroxyl groups excluding tert-OH is 1. The maximum Gasteiger partial charge on any atom is 0.345 e. The minimum Gasteiger partial charge on any atom is -0.477 e. The number of hydrogen-bond donors (Lipinski definition) is 2. The summed E-state index contributed by atoms with van der Waals surface area (Å²) in [5.74, 6) is 0.295. The van der Waals surface area contributed by atoms with Crippen molar-refractivity contribution in [1.29, 1.82) is 0 Å². The maximum absolute atomic E-state index is 11.0. The Bertz CT molecular complexity index is 621. The zero-order valence-electron chi connectivity index (χ0n) is 15.1. The predicted molar refractivity (Wildman–Crippen MR) is 107 cm³/mol. The number of carboxylic acid groups (broad SMARTS) is 1. The van der Waals surface area contributed by atoms with Gasteiger partial charge in [-0.1, -0.05) is 31.4 Å². The Balaban J connectivity index is 1.53. The standard InChI is InChI=1S/C21H29ClO3S/c22-18-13-19(23)17(11-9-14-5-2-1-3-6-14)16(18)8-4-7-15-10-12-20(26-15)21(24)25/h9-12,14,16-19,23H,1-8,13H2,(H,24,25)/b11-9+/t16-,17-,18-,19-/m1/s1. The molecule has 0 saturated heterocycles. The monoisotopic (exact) mass is 396 g/mol. The summed E-state index contributed by atoms with van der Waals surface area (Å²) in [6, 6.07) is 3.60. The SMILES string of the molecule is O=C(O)c1ccc(CCC[C@@H]2[C@@H](/C=C/C3CCCCC3)[C@H](O)C[C@H]2Cl)s1. The third-order valence-electron chi connectivity index (χ3n) is 5.96. The summed E-state index contributed by atoms with van der Waals surface area (Å²) in [5.41, 5.74) is 0. The summed E-state index contributed by atoms with van der Waals surface area (Å²) < 4.78 is 0. The van der Waals surface area contributed by atoms with E-state index in [1.54, 1.807) is 6.07 Å². The van der Waals surface area contributed by atoms with Crippen molar-refractivity contribution >= 4 is 28.9 Å². The summed E-state index contributed by atoms with van der Waals surface area (Å²) in [6.45, 7) is 0. The highest BCUT2D eigenvalue weighted by atomic mass is 35.5. The van der Waals surface area contributed by atoms with Gasteiger partial charge >= 0.3 is 5.97 Å². The van der Waals surface area contributed by atoms with Crippen LogP contribution in [-0.2, 0) is 6.42 Å². The molecule has 4 atom stereocenters. The van der Waals surface area contributed by atoms with Gasteiger partial charge in [0.05, 0.1) is 6.10 Å². The van der Waals surface area contributed by atoms with E-state index in [-0.39, 0.29) is 17.4 Å². The number of rotatable bonds is 7. The molecular formula is C21H29ClO3S. The van der Waals surface area contributed by atoms with Gasteiger partial charge in [0.1, 0.15) is 4.88 Å². The van der Waals surface area contributed by atoms with Gasteiger partial charge in [0.2, 0.25) is 0 Å². The molecule has 0 radical (unpaired) electrons. The number of thiophene rings is 1. The van der Waals surface area contributed by atoms with Crippen LogP contribution in [0.5, 0.6) is 0 Å². The second-order valence-corrected chi connectivity index (χ2v) is 9.54. The van der Waals surface area contributed by atoms with E-state index in [1.165, 1.54) is 43.4 Å². The van der Waals surface area contributed by atoms with Gasteiger partial charge in [0.15, 0.2) is 0 Å². The van der Waals surface area contributed by atoms with E-state index in [4.69, 9.17) is 16.7 Å². The molecular weight excluding hydrogens is 368 g/mol. The largest absolute Gasteiger partial charge is 0.477 e. The van der Waals surface area contributed by atoms with Crippen LogP contribution in [0.3, 0.4) is 0 Å². The smallest absolute Gasteiger partial charge is 0.345 e. The first kappa shape index (κ1) is 19.9. The summed E-state index contributed by atoms with van der Waals surface area (Å²) in [5, 5.41) is 19.5. The zero-order chi connectivity index (χ0) is 18.5. The Labute approximate surface area is 165 Å². The zero-order valence-corrected chi connectivity index (χ0v) is 16.7. The van der Waals surface area contributed by atoms with Gasteiger partial charge < -0.3 is 10.2 Å². The summed E-state index contributed by atoms with van der Waals surface area (Å²) in [4.78, 5) is 12.5. The van der Waals surface area contributed by atoms with E-state index < -0.39 is 5.97 Å². The summed E-state index contributed by atoms with van der Waals surface area (Å²) in [7, 11) is 0. The van der Waals surface area contributed by atoms with Gasteiger partial charge in [0.25, 0.3) is 0 Å². The average molecular weight is 397 g/mol. The van der Waals surface area contributed by atoms with Gasteiger partial charge in [-0.3, -0.25) is 0 Å². The highest BCUT2D eigenvalue weighted by Crippen LogP contribution is 2.40. The number of carbonyl (C=O) groups is 1. The van der Waals surface area contributed by atoms with Crippen LogP contribution in [0.4, 0.5) is 0 Å². The Hall–Kier alpha value is -0.840. The topological polar surface area (TPSA) is 57.5 Å². The molecule has 0 spiro atoms. The van der Waals surface area contributed by atoms with Gasteiger partial charge in [0, 0.05) is 16.2 Å². The Kier molecular flexibility index (Phi) is 7.19. The number of aryl methyl sites for hydroxylation is 1. The molecule has 2 fully saturated rings. The molecule has 0 amide bonds. The fraction of sp³-hybridized carbons (Fsp3) is 0.667. The molecule has 144 valence electrons. The van der Waals surface area contributed by atoms with Crippen LogP contribution in [0.2, 0.25) is 0 Å². The fourth-order valence-corrected chi connectivity index (χ4v) is 5.85. The van der Waals surface area contributed by atoms with Crippen LogP contribution < -0.4 is 0 Å². The fourth-order valence-electron chi connectivity index (χ4n) is 4.48. The number of allylic oxidation sites excluding steroid dienone is 1. The van der Waals surface area contributed by atoms with E-state index in [9.17, 15) is 9.90 Å². The number of halogens is 1. The molecule has 1 aromatic rings. The lowest BCUT2D eigenvalue weighted by molar-refractivity contribution is 0.0702. The number of hydrogen-bond acceptors (Lipinski definition) is 3. The molecule has 5 heteroatoms. The molecule has 1 aromatic heterocycles. The number of aliphatic hydroxyl groups is 1. The molecule has 0 aromatic carbocycles. The quantitative estimate of drug-likeness (QED) is 0.472. The van der Waals surface area contributed by atoms with Crippen LogP contribution >= 0.6 is 22.9 Å². The molecule has 3 rings (SSSR count). The van der Waals surface area contributed by atoms with Crippen molar-refractivity contribution in [3.05, 3.63) is 34.0 Å². The summed E-state index contributed by atoms with van der Waals surface area (Å²) in [6.07, 6.45) is 14.3. The lowest BCUT2D eigenvalue weighted by atomic mass is 9.85. The third kappa shape index (κ3) is 5.11. The van der Waals surface area contributed by atoms with E-state index in [0.717, 1.165) is 24.1 Å². The molecule has 1 heterocycles. The highest BCUT2D eigenvalue weighted by molar-refractivity contribution is 7.13. The highest BCUT2D eigenvalue weighted by Gasteiger charge is 2.39. The van der Waals surface area contributed by atoms with E-state index in [0.29, 0.717) is 23.1 Å². The number of carboxylic acids is 1. The van der Waals surface area contributed by atoms with Crippen LogP contribution in [0, 0.1) is 17.8 Å². The van der Waals surface area contributed by atoms with Crippen molar-refractivity contribution in [2.24, 2.45) is 17.8 Å². The average Bonchev–Trinajstić information content (AvgIpc) is 3.19. The lowest BCUT2D eigenvalue weighted by Crippen LogP contribution is -2.19. The first-order valence-electron chi connectivity index (χ1n) is 9.87. The van der Waals surface area contributed by atoms with E-state index >= 15 is 0 Å². The first-order valence-corrected chi connectivity index (χ1v) is 11.1. The van der Waals surface area contributed by atoms with E-state index in [2.05, 4.69) is 12.2 Å². The molecule has 2 aliphatic carbocycles. The van der Waals surface area contributed by atoms with Crippen molar-refractivity contribution in [2.45, 2.75) is 69.3 Å². The van der Waals surface area contributed by atoms with Crippen molar-refractivity contribution < 1.29 is 15.0 Å². The van der Waals surface area contributed by atoms with Crippen LogP contribution in [-0.4, -0.2) is 27.7 Å². The second kappa shape index (κ2) is 9.38. The Morgan fingerprint density at radius 3 is 2.69 bits per heavy atom. The van der Waals surface area contributed by atoms with Crippen molar-refractivity contribution in [3.8, 4) is 0 Å². The normalized spacial score (nSPS) is 30.2. The van der Waals surface area contributed by atoms with Gasteiger partial charge in [-0.25, -0.2) is 4.79 Å². The number of alkyl halides is 1. The van der Waals surface area contributed by atoms with Crippen LogP contribution in [0.25, 0.3) is 0 Å². The molecule has 2 N–H and O–H groups in total. The predicted octanol–water partition coefficient (Wildman–Crippen LogP) is 5.51. The van der Waals surface area contributed by atoms with Gasteiger partial charge in [-0.15, -0.1) is 22.9 Å². The van der Waals surface area contributed by atoms with Crippen molar-refractivity contribution in [2.75, 3.05) is 0 Å². The van der Waals surface area contributed by atoms with Crippen LogP contribution in [0.15, 0.2) is 24.3 Å². The molecule has 0 aliphatic heterocycles. The molecule has 0 unspecified atom stereocenters. The minimum atomic E-state index is -0.853. The van der Waals surface area contributed by atoms with Crippen molar-refractivity contribution in [1.82, 2.24) is 0 Å². The summed E-state index contributed by atoms with van der Waals surface area (Å²) >= 11 is 7.91. The Morgan fingerprint density at radius 1 is 1.23 bits per heavy atom. The maximum atomic E-state index is 11.0. The molecule has 2 aliphatic rings. The number of aromatic carboxylic acids is 1. The Morgan fingerprint density at radius 2 is 2.00 bits per heavy atom. The lowest BCUT2D eigenvalue weighted by Gasteiger charge is -2.22. The minimum absolute atomic E-state index is 0.0314. The molecule has 2 saturated carbocycles. The second-order valence-electron chi connectivity index (χ2n) is 7.81. The first-order chi connectivity index (χ1) is 12.5. The molecule has 26 heavy (non-hydrogen) atoms.